The standard InChI is InChI=1S/C19H17F2N7O2/c1-10-15(19-23-5-6-30-19)27-17(22)16(26-10)18(29)24-7-11-3-2-4-13-12(11)8-25-28(13)9-14(20)21/h2-6,8,14H,7,9H2,1H3,(H2,22,27)(H,24,29). The smallest absolute Gasteiger partial charge is 0.273 e. The van der Waals surface area contributed by atoms with E-state index in [0.717, 1.165) is 5.56 Å². The predicted octanol–water partition coefficient (Wildman–Crippen LogP) is 2.57. The van der Waals surface area contributed by atoms with Crippen molar-refractivity contribution in [1.82, 2.24) is 30.0 Å². The zero-order chi connectivity index (χ0) is 21.3. The van der Waals surface area contributed by atoms with Crippen molar-refractivity contribution in [2.75, 3.05) is 5.73 Å². The van der Waals surface area contributed by atoms with Gasteiger partial charge in [0.1, 0.15) is 18.5 Å². The largest absolute Gasteiger partial charge is 0.443 e. The van der Waals surface area contributed by atoms with Crippen molar-refractivity contribution in [2.24, 2.45) is 0 Å². The van der Waals surface area contributed by atoms with E-state index in [1.165, 1.54) is 23.3 Å². The van der Waals surface area contributed by atoms with Crippen molar-refractivity contribution in [3.8, 4) is 11.6 Å². The van der Waals surface area contributed by atoms with Gasteiger partial charge in [0.2, 0.25) is 5.89 Å². The minimum absolute atomic E-state index is 0.0247. The summed E-state index contributed by atoms with van der Waals surface area (Å²) in [7, 11) is 0. The second-order valence-electron chi connectivity index (χ2n) is 6.48. The molecule has 0 atom stereocenters. The summed E-state index contributed by atoms with van der Waals surface area (Å²) in [5, 5.41) is 7.42. The number of alkyl halides is 2. The highest BCUT2D eigenvalue weighted by atomic mass is 19.3. The quantitative estimate of drug-likeness (QED) is 0.498. The Morgan fingerprint density at radius 1 is 1.33 bits per heavy atom. The fraction of sp³-hybridized carbons (Fsp3) is 0.211. The minimum atomic E-state index is -2.51. The molecule has 0 saturated heterocycles. The predicted molar refractivity (Wildman–Crippen MR) is 104 cm³/mol. The summed E-state index contributed by atoms with van der Waals surface area (Å²) in [4.78, 5) is 25.1. The van der Waals surface area contributed by atoms with Crippen LogP contribution in [0.2, 0.25) is 0 Å². The van der Waals surface area contributed by atoms with E-state index in [9.17, 15) is 13.6 Å². The maximum absolute atomic E-state index is 12.7. The van der Waals surface area contributed by atoms with E-state index in [1.807, 2.05) is 0 Å². The topological polar surface area (TPSA) is 125 Å². The lowest BCUT2D eigenvalue weighted by Gasteiger charge is -2.10. The normalized spacial score (nSPS) is 11.3. The van der Waals surface area contributed by atoms with Gasteiger partial charge in [0, 0.05) is 11.9 Å². The van der Waals surface area contributed by atoms with Gasteiger partial charge in [0.05, 0.1) is 23.6 Å². The third kappa shape index (κ3) is 3.69. The molecule has 0 fully saturated rings. The summed E-state index contributed by atoms with van der Waals surface area (Å²) in [5.74, 6) is -0.320. The number of halogens is 2. The van der Waals surface area contributed by atoms with Crippen LogP contribution >= 0.6 is 0 Å². The zero-order valence-corrected chi connectivity index (χ0v) is 15.8. The summed E-state index contributed by atoms with van der Waals surface area (Å²) in [6.07, 6.45) is 1.86. The van der Waals surface area contributed by atoms with E-state index in [0.29, 0.717) is 22.3 Å². The number of amides is 1. The highest BCUT2D eigenvalue weighted by molar-refractivity contribution is 5.97. The summed E-state index contributed by atoms with van der Waals surface area (Å²) < 4.78 is 31.8. The molecule has 0 unspecified atom stereocenters. The van der Waals surface area contributed by atoms with Crippen LogP contribution in [0.3, 0.4) is 0 Å². The number of fused-ring (bicyclic) bond motifs is 1. The van der Waals surface area contributed by atoms with E-state index in [2.05, 4.69) is 25.4 Å². The lowest BCUT2D eigenvalue weighted by molar-refractivity contribution is 0.0946. The molecular formula is C19H17F2N7O2. The first-order chi connectivity index (χ1) is 14.4. The first-order valence-electron chi connectivity index (χ1n) is 8.97. The molecule has 3 N–H and O–H groups in total. The highest BCUT2D eigenvalue weighted by Gasteiger charge is 2.19. The molecule has 0 aliphatic rings. The number of carbonyl (C=O) groups is 1. The number of aryl methyl sites for hydroxylation is 1. The molecule has 3 heterocycles. The maximum atomic E-state index is 12.7. The minimum Gasteiger partial charge on any atom is -0.443 e. The van der Waals surface area contributed by atoms with Crippen molar-refractivity contribution in [3.05, 3.63) is 53.8 Å². The van der Waals surface area contributed by atoms with Gasteiger partial charge in [-0.25, -0.2) is 23.7 Å². The summed E-state index contributed by atoms with van der Waals surface area (Å²) in [5.41, 5.74) is 7.97. The summed E-state index contributed by atoms with van der Waals surface area (Å²) >= 11 is 0. The van der Waals surface area contributed by atoms with E-state index in [-0.39, 0.29) is 23.9 Å². The van der Waals surface area contributed by atoms with Crippen molar-refractivity contribution >= 4 is 22.6 Å². The molecule has 0 radical (unpaired) electrons. The number of oxazole rings is 1. The van der Waals surface area contributed by atoms with Gasteiger partial charge < -0.3 is 15.5 Å². The van der Waals surface area contributed by atoms with Crippen molar-refractivity contribution in [2.45, 2.75) is 26.4 Å². The Morgan fingerprint density at radius 3 is 2.90 bits per heavy atom. The number of hydrogen-bond acceptors (Lipinski definition) is 7. The number of nitrogens with zero attached hydrogens (tertiary/aromatic N) is 5. The number of hydrogen-bond donors (Lipinski definition) is 2. The summed E-state index contributed by atoms with van der Waals surface area (Å²) in [6, 6.07) is 5.20. The van der Waals surface area contributed by atoms with Gasteiger partial charge in [0.25, 0.3) is 12.3 Å². The van der Waals surface area contributed by atoms with Gasteiger partial charge in [-0.3, -0.25) is 9.48 Å². The molecule has 30 heavy (non-hydrogen) atoms. The number of aromatic nitrogens is 5. The molecule has 0 bridgehead atoms. The number of carbonyl (C=O) groups excluding carboxylic acids is 1. The summed E-state index contributed by atoms with van der Waals surface area (Å²) in [6.45, 7) is 1.31. The molecule has 154 valence electrons. The second-order valence-corrected chi connectivity index (χ2v) is 6.48. The first-order valence-corrected chi connectivity index (χ1v) is 8.97. The van der Waals surface area contributed by atoms with Crippen LogP contribution in [0.1, 0.15) is 21.7 Å². The Labute approximate surface area is 168 Å². The Morgan fingerprint density at radius 2 is 2.17 bits per heavy atom. The van der Waals surface area contributed by atoms with Gasteiger partial charge in [-0.1, -0.05) is 12.1 Å². The fourth-order valence-corrected chi connectivity index (χ4v) is 3.10. The van der Waals surface area contributed by atoms with Crippen LogP contribution in [0.15, 0.2) is 41.3 Å². The third-order valence-electron chi connectivity index (χ3n) is 4.48. The molecule has 0 aliphatic carbocycles. The number of nitrogen functional groups attached to an aromatic ring is 1. The molecule has 1 aromatic carbocycles. The number of nitrogens with one attached hydrogen (secondary N) is 1. The molecule has 4 rings (SSSR count). The van der Waals surface area contributed by atoms with Gasteiger partial charge in [-0.05, 0) is 18.6 Å². The molecule has 0 spiro atoms. The van der Waals surface area contributed by atoms with Crippen molar-refractivity contribution in [1.29, 1.82) is 0 Å². The lowest BCUT2D eigenvalue weighted by atomic mass is 10.1. The molecule has 1 amide bonds. The Bertz CT molecular complexity index is 1210. The molecule has 0 aliphatic heterocycles. The van der Waals surface area contributed by atoms with E-state index < -0.39 is 18.9 Å². The zero-order valence-electron chi connectivity index (χ0n) is 15.8. The molecule has 0 saturated carbocycles. The molecular weight excluding hydrogens is 396 g/mol. The fourth-order valence-electron chi connectivity index (χ4n) is 3.10. The molecule has 11 heteroatoms. The van der Waals surface area contributed by atoms with Crippen LogP contribution in [-0.4, -0.2) is 37.1 Å². The van der Waals surface area contributed by atoms with Gasteiger partial charge in [0.15, 0.2) is 11.5 Å². The van der Waals surface area contributed by atoms with E-state index in [1.54, 1.807) is 25.1 Å². The molecule has 9 nitrogen and oxygen atoms in total. The third-order valence-corrected chi connectivity index (χ3v) is 4.48. The van der Waals surface area contributed by atoms with Gasteiger partial charge >= 0.3 is 0 Å². The number of anilines is 1. The first kappa shape index (κ1) is 19.4. The Hall–Kier alpha value is -3.89. The van der Waals surface area contributed by atoms with Crippen molar-refractivity contribution in [3.63, 3.8) is 0 Å². The van der Waals surface area contributed by atoms with Crippen LogP contribution in [0, 0.1) is 6.92 Å². The monoisotopic (exact) mass is 413 g/mol. The second kappa shape index (κ2) is 7.85. The van der Waals surface area contributed by atoms with Crippen LogP contribution in [0.5, 0.6) is 0 Å². The Balaban J connectivity index is 1.54. The number of nitrogens with two attached hydrogens (primary N) is 1. The number of benzene rings is 1. The van der Waals surface area contributed by atoms with Crippen molar-refractivity contribution < 1.29 is 18.0 Å². The van der Waals surface area contributed by atoms with E-state index >= 15 is 0 Å². The SMILES string of the molecule is Cc1nc(C(=O)NCc2cccc3c2cnn3CC(F)F)c(N)nc1-c1ncco1. The highest BCUT2D eigenvalue weighted by Crippen LogP contribution is 2.22. The van der Waals surface area contributed by atoms with Crippen LogP contribution < -0.4 is 11.1 Å². The van der Waals surface area contributed by atoms with Crippen LogP contribution in [-0.2, 0) is 13.1 Å². The molecule has 4 aromatic rings. The Kier molecular flexibility index (Phi) is 5.09. The number of rotatable bonds is 6. The maximum Gasteiger partial charge on any atom is 0.273 e. The van der Waals surface area contributed by atoms with E-state index in [4.69, 9.17) is 10.2 Å². The average molecular weight is 413 g/mol. The average Bonchev–Trinajstić information content (AvgIpc) is 3.38. The van der Waals surface area contributed by atoms with Gasteiger partial charge in [-0.15, -0.1) is 0 Å². The van der Waals surface area contributed by atoms with Crippen LogP contribution in [0.25, 0.3) is 22.5 Å². The van der Waals surface area contributed by atoms with Gasteiger partial charge in [-0.2, -0.15) is 5.10 Å². The van der Waals surface area contributed by atoms with Crippen LogP contribution in [0.4, 0.5) is 14.6 Å². The lowest BCUT2D eigenvalue weighted by Crippen LogP contribution is -2.26. The molecule has 3 aromatic heterocycles.